The monoisotopic (exact) mass is 259 g/mol. The number of hydrogen-bond acceptors (Lipinski definition) is 2. The van der Waals surface area contributed by atoms with Gasteiger partial charge < -0.3 is 10.1 Å². The van der Waals surface area contributed by atoms with Crippen molar-refractivity contribution in [2.75, 3.05) is 13.2 Å². The third-order valence-electron chi connectivity index (χ3n) is 3.92. The Morgan fingerprint density at radius 1 is 1.47 bits per heavy atom. The molecule has 1 aliphatic rings. The van der Waals surface area contributed by atoms with Gasteiger partial charge in [0.2, 0.25) is 0 Å². The molecule has 2 unspecified atom stereocenters. The van der Waals surface area contributed by atoms with Crippen molar-refractivity contribution in [3.63, 3.8) is 0 Å². The molecule has 2 atom stereocenters. The molecular formula is C17H25NO. The molecule has 0 bridgehead atoms. The van der Waals surface area contributed by atoms with Gasteiger partial charge in [0, 0.05) is 24.1 Å². The van der Waals surface area contributed by atoms with Crippen LogP contribution in [0.5, 0.6) is 5.75 Å². The van der Waals surface area contributed by atoms with E-state index in [-0.39, 0.29) is 5.41 Å². The lowest BCUT2D eigenvalue weighted by Crippen LogP contribution is -2.35. The molecule has 1 aliphatic heterocycles. The van der Waals surface area contributed by atoms with Crippen molar-refractivity contribution >= 4 is 0 Å². The zero-order valence-corrected chi connectivity index (χ0v) is 12.3. The molecule has 2 nitrogen and oxygen atoms in total. The second-order valence-corrected chi connectivity index (χ2v) is 6.14. The first-order valence-electron chi connectivity index (χ1n) is 7.13. The van der Waals surface area contributed by atoms with Gasteiger partial charge in [-0.15, -0.1) is 6.58 Å². The summed E-state index contributed by atoms with van der Waals surface area (Å²) in [4.78, 5) is 0. The van der Waals surface area contributed by atoms with E-state index >= 15 is 0 Å². The molecule has 0 spiro atoms. The number of rotatable bonds is 6. The van der Waals surface area contributed by atoms with Gasteiger partial charge >= 0.3 is 0 Å². The fourth-order valence-corrected chi connectivity index (χ4v) is 2.63. The van der Waals surface area contributed by atoms with Gasteiger partial charge in [-0.1, -0.05) is 45.0 Å². The van der Waals surface area contributed by atoms with Crippen molar-refractivity contribution in [1.82, 2.24) is 5.32 Å². The molecule has 0 saturated heterocycles. The highest BCUT2D eigenvalue weighted by Crippen LogP contribution is 2.40. The number of fused-ring (bicyclic) bond motifs is 1. The Bertz CT molecular complexity index is 441. The molecule has 0 aromatic heterocycles. The Balaban J connectivity index is 2.05. The molecule has 0 fully saturated rings. The van der Waals surface area contributed by atoms with Crippen molar-refractivity contribution < 1.29 is 4.74 Å². The van der Waals surface area contributed by atoms with Gasteiger partial charge in [0.1, 0.15) is 5.75 Å². The van der Waals surface area contributed by atoms with Crippen LogP contribution in [0, 0.1) is 5.41 Å². The van der Waals surface area contributed by atoms with Gasteiger partial charge in [-0.3, -0.25) is 0 Å². The molecule has 2 heteroatoms. The van der Waals surface area contributed by atoms with Crippen LogP contribution < -0.4 is 10.1 Å². The minimum atomic E-state index is 0.107. The summed E-state index contributed by atoms with van der Waals surface area (Å²) in [5, 5.41) is 3.52. The number of benzene rings is 1. The normalized spacial score (nSPS) is 20.7. The molecule has 0 radical (unpaired) electrons. The summed E-state index contributed by atoms with van der Waals surface area (Å²) in [6.45, 7) is 12.4. The second kappa shape index (κ2) is 5.79. The van der Waals surface area contributed by atoms with E-state index in [1.165, 1.54) is 5.56 Å². The highest BCUT2D eigenvalue weighted by atomic mass is 16.5. The van der Waals surface area contributed by atoms with Gasteiger partial charge in [0.25, 0.3) is 0 Å². The lowest BCUT2D eigenvalue weighted by atomic mass is 9.79. The first kappa shape index (κ1) is 14.1. The van der Waals surface area contributed by atoms with Crippen molar-refractivity contribution in [3.05, 3.63) is 42.5 Å². The van der Waals surface area contributed by atoms with Crippen molar-refractivity contribution in [2.24, 2.45) is 5.41 Å². The van der Waals surface area contributed by atoms with Crippen LogP contribution in [0.4, 0.5) is 0 Å². The topological polar surface area (TPSA) is 21.3 Å². The van der Waals surface area contributed by atoms with Crippen LogP contribution in [0.1, 0.15) is 38.7 Å². The maximum Gasteiger partial charge on any atom is 0.122 e. The summed E-state index contributed by atoms with van der Waals surface area (Å²) in [5.74, 6) is 1.53. The number of para-hydroxylation sites is 1. The molecule has 0 saturated carbocycles. The Morgan fingerprint density at radius 2 is 2.21 bits per heavy atom. The van der Waals surface area contributed by atoms with Gasteiger partial charge in [-0.05, 0) is 17.9 Å². The highest BCUT2D eigenvalue weighted by Gasteiger charge is 2.31. The third kappa shape index (κ3) is 3.38. The maximum absolute atomic E-state index is 5.77. The summed E-state index contributed by atoms with van der Waals surface area (Å²) < 4.78 is 5.77. The van der Waals surface area contributed by atoms with Gasteiger partial charge in [-0.25, -0.2) is 0 Å². The lowest BCUT2D eigenvalue weighted by Gasteiger charge is -2.30. The van der Waals surface area contributed by atoms with Crippen LogP contribution in [-0.4, -0.2) is 19.2 Å². The number of ether oxygens (including phenoxy) is 1. The molecule has 1 heterocycles. The predicted octanol–water partition coefficient (Wildman–Crippen LogP) is 3.74. The smallest absolute Gasteiger partial charge is 0.122 e. The SMILES string of the molecule is C=CC(C)(CNC(C)C)CC1COc2ccccc21. The lowest BCUT2D eigenvalue weighted by molar-refractivity contribution is 0.272. The fourth-order valence-electron chi connectivity index (χ4n) is 2.63. The summed E-state index contributed by atoms with van der Waals surface area (Å²) in [6.07, 6.45) is 3.16. The molecule has 1 aromatic rings. The molecule has 0 amide bonds. The van der Waals surface area contributed by atoms with Gasteiger partial charge in [0.15, 0.2) is 0 Å². The van der Waals surface area contributed by atoms with Crippen LogP contribution in [0.2, 0.25) is 0 Å². The molecule has 104 valence electrons. The van der Waals surface area contributed by atoms with Crippen LogP contribution >= 0.6 is 0 Å². The summed E-state index contributed by atoms with van der Waals surface area (Å²) in [7, 11) is 0. The minimum absolute atomic E-state index is 0.107. The Labute approximate surface area is 116 Å². The van der Waals surface area contributed by atoms with Crippen molar-refractivity contribution in [3.8, 4) is 5.75 Å². The van der Waals surface area contributed by atoms with Crippen LogP contribution in [-0.2, 0) is 0 Å². The Kier molecular flexibility index (Phi) is 4.31. The average molecular weight is 259 g/mol. The Hall–Kier alpha value is -1.28. The van der Waals surface area contributed by atoms with E-state index in [0.29, 0.717) is 12.0 Å². The van der Waals surface area contributed by atoms with Crippen molar-refractivity contribution in [2.45, 2.75) is 39.2 Å². The average Bonchev–Trinajstić information content (AvgIpc) is 2.80. The zero-order valence-electron chi connectivity index (χ0n) is 12.3. The maximum atomic E-state index is 5.77. The summed E-state index contributed by atoms with van der Waals surface area (Å²) >= 11 is 0. The summed E-state index contributed by atoms with van der Waals surface area (Å²) in [5.41, 5.74) is 1.45. The molecule has 1 aromatic carbocycles. The van der Waals surface area contributed by atoms with E-state index in [1.54, 1.807) is 0 Å². The van der Waals surface area contributed by atoms with E-state index in [0.717, 1.165) is 25.3 Å². The Morgan fingerprint density at radius 3 is 2.89 bits per heavy atom. The number of nitrogens with one attached hydrogen (secondary N) is 1. The largest absolute Gasteiger partial charge is 0.493 e. The predicted molar refractivity (Wildman–Crippen MR) is 80.7 cm³/mol. The first-order valence-corrected chi connectivity index (χ1v) is 7.13. The zero-order chi connectivity index (χ0) is 13.9. The minimum Gasteiger partial charge on any atom is -0.493 e. The quantitative estimate of drug-likeness (QED) is 0.786. The summed E-state index contributed by atoms with van der Waals surface area (Å²) in [6, 6.07) is 8.89. The van der Waals surface area contributed by atoms with E-state index in [4.69, 9.17) is 4.74 Å². The van der Waals surface area contributed by atoms with Gasteiger partial charge in [-0.2, -0.15) is 0 Å². The van der Waals surface area contributed by atoms with E-state index in [9.17, 15) is 0 Å². The van der Waals surface area contributed by atoms with Crippen molar-refractivity contribution in [1.29, 1.82) is 0 Å². The van der Waals surface area contributed by atoms with E-state index in [1.807, 2.05) is 6.07 Å². The highest BCUT2D eigenvalue weighted by molar-refractivity contribution is 5.39. The van der Waals surface area contributed by atoms with Gasteiger partial charge in [0.05, 0.1) is 6.61 Å². The van der Waals surface area contributed by atoms with Crippen LogP contribution in [0.3, 0.4) is 0 Å². The van der Waals surface area contributed by atoms with Crippen LogP contribution in [0.25, 0.3) is 0 Å². The number of hydrogen-bond donors (Lipinski definition) is 1. The molecular weight excluding hydrogens is 234 g/mol. The first-order chi connectivity index (χ1) is 9.04. The van der Waals surface area contributed by atoms with E-state index < -0.39 is 0 Å². The molecule has 1 N–H and O–H groups in total. The van der Waals surface area contributed by atoms with Crippen LogP contribution in [0.15, 0.2) is 36.9 Å². The standard InChI is InChI=1S/C17H25NO/c1-5-17(4,12-18-13(2)3)10-14-11-19-16-9-7-6-8-15(14)16/h5-9,13-14,18H,1,10-12H2,2-4H3. The second-order valence-electron chi connectivity index (χ2n) is 6.14. The molecule has 19 heavy (non-hydrogen) atoms. The third-order valence-corrected chi connectivity index (χ3v) is 3.92. The molecule has 0 aliphatic carbocycles. The fraction of sp³-hybridized carbons (Fsp3) is 0.529. The van der Waals surface area contributed by atoms with E-state index in [2.05, 4.69) is 56.9 Å². The molecule has 2 rings (SSSR count).